The second-order valence-corrected chi connectivity index (χ2v) is 5.85. The maximum Gasteiger partial charge on any atom is 0.307 e. The molecule has 2 rings (SSSR count). The van der Waals surface area contributed by atoms with E-state index in [-0.39, 0.29) is 24.4 Å². The van der Waals surface area contributed by atoms with Gasteiger partial charge in [-0.1, -0.05) is 18.2 Å². The Kier molecular flexibility index (Phi) is 6.20. The van der Waals surface area contributed by atoms with Crippen LogP contribution in [0.2, 0.25) is 0 Å². The summed E-state index contributed by atoms with van der Waals surface area (Å²) in [5.74, 6) is -0.304. The van der Waals surface area contributed by atoms with Crippen molar-refractivity contribution in [2.24, 2.45) is 0 Å². The Morgan fingerprint density at radius 1 is 1.22 bits per heavy atom. The quantitative estimate of drug-likeness (QED) is 0.736. The normalized spacial score (nSPS) is 10.9. The minimum absolute atomic E-state index is 0.0258. The molecular formula is C18H24N2O3. The first-order valence-corrected chi connectivity index (χ1v) is 8.07. The summed E-state index contributed by atoms with van der Waals surface area (Å²) in [5, 5.41) is 3.97. The van der Waals surface area contributed by atoms with Gasteiger partial charge in [-0.05, 0) is 38.3 Å². The number of rotatable bonds is 8. The fourth-order valence-corrected chi connectivity index (χ4v) is 2.49. The first kappa shape index (κ1) is 17.1. The number of hydrogen-bond donors (Lipinski definition) is 2. The van der Waals surface area contributed by atoms with Gasteiger partial charge < -0.3 is 15.0 Å². The minimum Gasteiger partial charge on any atom is -0.463 e. The topological polar surface area (TPSA) is 71.2 Å². The molecule has 5 heteroatoms. The monoisotopic (exact) mass is 316 g/mol. The highest BCUT2D eigenvalue weighted by molar-refractivity contribution is 5.83. The smallest absolute Gasteiger partial charge is 0.307 e. The average molecular weight is 316 g/mol. The third-order valence-electron chi connectivity index (χ3n) is 3.54. The van der Waals surface area contributed by atoms with Gasteiger partial charge in [0.1, 0.15) is 0 Å². The van der Waals surface area contributed by atoms with E-state index in [0.717, 1.165) is 18.4 Å². The van der Waals surface area contributed by atoms with E-state index in [4.69, 9.17) is 4.74 Å². The molecule has 0 saturated heterocycles. The van der Waals surface area contributed by atoms with Crippen LogP contribution < -0.4 is 5.32 Å². The molecule has 1 heterocycles. The Morgan fingerprint density at radius 3 is 2.78 bits per heavy atom. The predicted octanol–water partition coefficient (Wildman–Crippen LogP) is 2.95. The maximum atomic E-state index is 11.8. The van der Waals surface area contributed by atoms with E-state index in [1.807, 2.05) is 24.4 Å². The molecule has 0 saturated carbocycles. The number of benzene rings is 1. The Labute approximate surface area is 136 Å². The largest absolute Gasteiger partial charge is 0.463 e. The molecule has 1 aromatic carbocycles. The van der Waals surface area contributed by atoms with Gasteiger partial charge in [0.25, 0.3) is 0 Å². The van der Waals surface area contributed by atoms with E-state index in [2.05, 4.69) is 16.4 Å². The molecule has 0 bridgehead atoms. The number of aromatic nitrogens is 1. The van der Waals surface area contributed by atoms with Crippen LogP contribution in [0.3, 0.4) is 0 Å². The van der Waals surface area contributed by atoms with Crippen LogP contribution in [0.4, 0.5) is 0 Å². The molecular weight excluding hydrogens is 292 g/mol. The summed E-state index contributed by atoms with van der Waals surface area (Å²) in [7, 11) is 0. The minimum atomic E-state index is -0.279. The van der Waals surface area contributed by atoms with Crippen molar-refractivity contribution in [1.82, 2.24) is 10.3 Å². The molecule has 2 N–H and O–H groups in total. The highest BCUT2D eigenvalue weighted by Gasteiger charge is 2.08. The van der Waals surface area contributed by atoms with E-state index < -0.39 is 0 Å². The zero-order chi connectivity index (χ0) is 16.7. The van der Waals surface area contributed by atoms with Gasteiger partial charge in [0, 0.05) is 30.1 Å². The SMILES string of the molecule is CC(C)OC(=O)CCNC(=O)CCCc1c[nH]c2ccccc12. The molecule has 2 aromatic rings. The molecule has 1 aromatic heterocycles. The summed E-state index contributed by atoms with van der Waals surface area (Å²) < 4.78 is 5.01. The summed E-state index contributed by atoms with van der Waals surface area (Å²) in [4.78, 5) is 26.4. The molecule has 0 fully saturated rings. The molecule has 0 spiro atoms. The molecule has 0 aliphatic rings. The number of ether oxygens (including phenoxy) is 1. The lowest BCUT2D eigenvalue weighted by molar-refractivity contribution is -0.147. The van der Waals surface area contributed by atoms with Gasteiger partial charge in [0.05, 0.1) is 12.5 Å². The Morgan fingerprint density at radius 2 is 2.00 bits per heavy atom. The fourth-order valence-electron chi connectivity index (χ4n) is 2.49. The van der Waals surface area contributed by atoms with Crippen molar-refractivity contribution in [2.45, 2.75) is 45.6 Å². The lowest BCUT2D eigenvalue weighted by atomic mass is 10.1. The summed E-state index contributed by atoms with van der Waals surface area (Å²) in [6.07, 6.45) is 4.20. The van der Waals surface area contributed by atoms with E-state index >= 15 is 0 Å². The lowest BCUT2D eigenvalue weighted by Gasteiger charge is -2.08. The number of aryl methyl sites for hydroxylation is 1. The summed E-state index contributed by atoms with van der Waals surface area (Å²) in [6, 6.07) is 8.15. The highest BCUT2D eigenvalue weighted by atomic mass is 16.5. The lowest BCUT2D eigenvalue weighted by Crippen LogP contribution is -2.26. The zero-order valence-corrected chi connectivity index (χ0v) is 13.7. The average Bonchev–Trinajstić information content (AvgIpc) is 2.90. The molecule has 0 radical (unpaired) electrons. The number of fused-ring (bicyclic) bond motifs is 1. The van der Waals surface area contributed by atoms with Gasteiger partial charge in [-0.15, -0.1) is 0 Å². The van der Waals surface area contributed by atoms with Crippen LogP contribution in [0.5, 0.6) is 0 Å². The number of H-pyrrole nitrogens is 1. The van der Waals surface area contributed by atoms with Crippen molar-refractivity contribution in [3.8, 4) is 0 Å². The summed E-state index contributed by atoms with van der Waals surface area (Å²) in [5.41, 5.74) is 2.35. The Balaban J connectivity index is 1.66. The van der Waals surface area contributed by atoms with E-state index in [9.17, 15) is 9.59 Å². The number of amides is 1. The number of nitrogens with one attached hydrogen (secondary N) is 2. The van der Waals surface area contributed by atoms with Crippen molar-refractivity contribution in [3.63, 3.8) is 0 Å². The van der Waals surface area contributed by atoms with Crippen molar-refractivity contribution < 1.29 is 14.3 Å². The van der Waals surface area contributed by atoms with E-state index in [0.29, 0.717) is 13.0 Å². The second kappa shape index (κ2) is 8.36. The molecule has 0 unspecified atom stereocenters. The van der Waals surface area contributed by atoms with Crippen LogP contribution in [0.1, 0.15) is 38.7 Å². The number of esters is 1. The van der Waals surface area contributed by atoms with Gasteiger partial charge in [-0.25, -0.2) is 0 Å². The van der Waals surface area contributed by atoms with Gasteiger partial charge in [0.2, 0.25) is 5.91 Å². The molecule has 23 heavy (non-hydrogen) atoms. The molecule has 124 valence electrons. The van der Waals surface area contributed by atoms with Crippen LogP contribution in [-0.2, 0) is 20.7 Å². The third-order valence-corrected chi connectivity index (χ3v) is 3.54. The van der Waals surface area contributed by atoms with Crippen LogP contribution in [0.15, 0.2) is 30.5 Å². The third kappa shape index (κ3) is 5.43. The van der Waals surface area contributed by atoms with Gasteiger partial charge in [-0.2, -0.15) is 0 Å². The number of carbonyl (C=O) groups excluding carboxylic acids is 2. The molecule has 0 atom stereocenters. The van der Waals surface area contributed by atoms with E-state index in [1.54, 1.807) is 13.8 Å². The predicted molar refractivity (Wildman–Crippen MR) is 90.1 cm³/mol. The van der Waals surface area contributed by atoms with Crippen molar-refractivity contribution in [3.05, 3.63) is 36.0 Å². The summed E-state index contributed by atoms with van der Waals surface area (Å²) in [6.45, 7) is 3.94. The highest BCUT2D eigenvalue weighted by Crippen LogP contribution is 2.19. The molecule has 5 nitrogen and oxygen atoms in total. The van der Waals surface area contributed by atoms with E-state index in [1.165, 1.54) is 10.9 Å². The Hall–Kier alpha value is -2.30. The van der Waals surface area contributed by atoms with Crippen LogP contribution in [-0.4, -0.2) is 29.5 Å². The van der Waals surface area contributed by atoms with Gasteiger partial charge >= 0.3 is 5.97 Å². The summed E-state index contributed by atoms with van der Waals surface area (Å²) >= 11 is 0. The van der Waals surface area contributed by atoms with Crippen LogP contribution in [0, 0.1) is 0 Å². The maximum absolute atomic E-state index is 11.8. The standard InChI is InChI=1S/C18H24N2O3/c1-13(2)23-18(22)10-11-19-17(21)9-5-6-14-12-20-16-8-4-3-7-15(14)16/h3-4,7-8,12-13,20H,5-6,9-11H2,1-2H3,(H,19,21). The second-order valence-electron chi connectivity index (χ2n) is 5.85. The number of aromatic amines is 1. The number of carbonyl (C=O) groups is 2. The van der Waals surface area contributed by atoms with Crippen LogP contribution >= 0.6 is 0 Å². The number of para-hydroxylation sites is 1. The first-order valence-electron chi connectivity index (χ1n) is 8.07. The zero-order valence-electron chi connectivity index (χ0n) is 13.7. The van der Waals surface area contributed by atoms with Gasteiger partial charge in [0.15, 0.2) is 0 Å². The number of hydrogen-bond acceptors (Lipinski definition) is 3. The van der Waals surface area contributed by atoms with Crippen molar-refractivity contribution in [1.29, 1.82) is 0 Å². The Bertz CT molecular complexity index is 661. The van der Waals surface area contributed by atoms with Crippen LogP contribution in [0.25, 0.3) is 10.9 Å². The molecule has 0 aliphatic carbocycles. The van der Waals surface area contributed by atoms with Crippen molar-refractivity contribution >= 4 is 22.8 Å². The molecule has 0 aliphatic heterocycles. The first-order chi connectivity index (χ1) is 11.1. The fraction of sp³-hybridized carbons (Fsp3) is 0.444. The van der Waals surface area contributed by atoms with Crippen molar-refractivity contribution in [2.75, 3.05) is 6.54 Å². The van der Waals surface area contributed by atoms with Gasteiger partial charge in [-0.3, -0.25) is 9.59 Å². The molecule has 1 amide bonds.